The van der Waals surface area contributed by atoms with E-state index in [1.807, 2.05) is 0 Å². The van der Waals surface area contributed by atoms with Crippen LogP contribution in [0.25, 0.3) is 0 Å². The van der Waals surface area contributed by atoms with Crippen molar-refractivity contribution in [1.82, 2.24) is 4.90 Å². The first kappa shape index (κ1) is 23.5. The molecule has 34 heavy (non-hydrogen) atoms. The molecule has 0 saturated heterocycles. The Labute approximate surface area is 201 Å². The van der Waals surface area contributed by atoms with Crippen LogP contribution in [0.3, 0.4) is 0 Å². The third-order valence-electron chi connectivity index (χ3n) is 10.1. The number of carbonyl (C=O) groups excluding carboxylic acids is 1. The summed E-state index contributed by atoms with van der Waals surface area (Å²) in [5, 5.41) is 30.9. The van der Waals surface area contributed by atoms with E-state index in [-0.39, 0.29) is 47.4 Å². The fourth-order valence-electron chi connectivity index (χ4n) is 7.68. The highest BCUT2D eigenvalue weighted by atomic mass is 16.5. The standard InChI is InChI=1S/C27H37NO6/c1-15-5-6-20-25(2,3)21(30)9-10-27(20)26(15,4)12-17-19(29)11-16-13-28(14-18(16)24(17)34-27)22(31)7-8-23(32)33/h11,15,20-21,29-30H,5-10,12-14H2,1-4H3,(H,32,33)/t15-,20-,21-,26+,27-/m0/s1. The first-order valence-electron chi connectivity index (χ1n) is 12.6. The molecule has 2 heterocycles. The van der Waals surface area contributed by atoms with Crippen molar-refractivity contribution in [2.45, 2.75) is 97.4 Å². The van der Waals surface area contributed by atoms with Crippen molar-refractivity contribution >= 4 is 11.9 Å². The Morgan fingerprint density at radius 1 is 1.12 bits per heavy atom. The largest absolute Gasteiger partial charge is 0.508 e. The van der Waals surface area contributed by atoms with Gasteiger partial charge in [-0.15, -0.1) is 0 Å². The van der Waals surface area contributed by atoms with Gasteiger partial charge in [0.2, 0.25) is 5.91 Å². The highest BCUT2D eigenvalue weighted by molar-refractivity contribution is 5.81. The van der Waals surface area contributed by atoms with Gasteiger partial charge in [-0.3, -0.25) is 9.59 Å². The van der Waals surface area contributed by atoms with Gasteiger partial charge in [0.05, 0.1) is 12.5 Å². The first-order chi connectivity index (χ1) is 15.9. The van der Waals surface area contributed by atoms with E-state index in [4.69, 9.17) is 9.84 Å². The molecule has 0 bridgehead atoms. The predicted molar refractivity (Wildman–Crippen MR) is 125 cm³/mol. The zero-order valence-corrected chi connectivity index (χ0v) is 20.7. The van der Waals surface area contributed by atoms with Crippen LogP contribution in [0.4, 0.5) is 0 Å². The fraction of sp³-hybridized carbons (Fsp3) is 0.704. The summed E-state index contributed by atoms with van der Waals surface area (Å²) in [4.78, 5) is 25.3. The molecule has 5 rings (SSSR count). The number of carboxylic acids is 1. The van der Waals surface area contributed by atoms with Crippen LogP contribution in [-0.2, 0) is 29.1 Å². The van der Waals surface area contributed by atoms with E-state index >= 15 is 0 Å². The molecule has 1 spiro atoms. The number of ether oxygens (including phenoxy) is 1. The Morgan fingerprint density at radius 2 is 1.85 bits per heavy atom. The van der Waals surface area contributed by atoms with Crippen LogP contribution >= 0.6 is 0 Å². The Kier molecular flexibility index (Phi) is 5.25. The topological polar surface area (TPSA) is 107 Å². The van der Waals surface area contributed by atoms with Crippen molar-refractivity contribution < 1.29 is 29.6 Å². The molecule has 0 unspecified atom stereocenters. The summed E-state index contributed by atoms with van der Waals surface area (Å²) in [6.45, 7) is 9.64. The van der Waals surface area contributed by atoms with E-state index in [2.05, 4.69) is 27.7 Å². The molecule has 4 aliphatic rings. The van der Waals surface area contributed by atoms with Gasteiger partial charge in [-0.2, -0.15) is 0 Å². The number of benzene rings is 1. The first-order valence-corrected chi connectivity index (χ1v) is 12.6. The van der Waals surface area contributed by atoms with Gasteiger partial charge in [0.1, 0.15) is 17.1 Å². The number of fused-ring (bicyclic) bond motifs is 3. The molecular formula is C27H37NO6. The second-order valence-corrected chi connectivity index (χ2v) is 12.0. The van der Waals surface area contributed by atoms with Gasteiger partial charge in [-0.05, 0) is 55.1 Å². The van der Waals surface area contributed by atoms with E-state index in [0.29, 0.717) is 37.6 Å². The quantitative estimate of drug-likeness (QED) is 0.615. The number of carbonyl (C=O) groups is 2. The van der Waals surface area contributed by atoms with Crippen molar-refractivity contribution in [1.29, 1.82) is 0 Å². The van der Waals surface area contributed by atoms with Gasteiger partial charge >= 0.3 is 5.97 Å². The maximum absolute atomic E-state index is 12.7. The number of aliphatic carboxylic acids is 1. The summed E-state index contributed by atoms with van der Waals surface area (Å²) < 4.78 is 7.13. The predicted octanol–water partition coefficient (Wildman–Crippen LogP) is 4.01. The summed E-state index contributed by atoms with van der Waals surface area (Å²) in [6, 6.07) is 1.77. The zero-order valence-electron chi connectivity index (χ0n) is 20.7. The average Bonchev–Trinajstić information content (AvgIpc) is 3.19. The number of rotatable bonds is 3. The van der Waals surface area contributed by atoms with Gasteiger partial charge in [0.25, 0.3) is 0 Å². The Hall–Kier alpha value is -2.28. The molecule has 3 N–H and O–H groups in total. The van der Waals surface area contributed by atoms with E-state index in [9.17, 15) is 19.8 Å². The number of aliphatic hydroxyl groups excluding tert-OH is 1. The van der Waals surface area contributed by atoms with Crippen LogP contribution in [0.2, 0.25) is 0 Å². The second-order valence-electron chi connectivity index (χ2n) is 12.0. The monoisotopic (exact) mass is 471 g/mol. The highest BCUT2D eigenvalue weighted by Gasteiger charge is 2.67. The molecule has 2 fully saturated rings. The van der Waals surface area contributed by atoms with Crippen LogP contribution < -0.4 is 4.74 Å². The highest BCUT2D eigenvalue weighted by Crippen LogP contribution is 2.67. The van der Waals surface area contributed by atoms with Crippen LogP contribution in [0, 0.1) is 22.7 Å². The molecule has 0 radical (unpaired) electrons. The number of hydrogen-bond acceptors (Lipinski definition) is 5. The van der Waals surface area contributed by atoms with Crippen molar-refractivity contribution in [3.8, 4) is 11.5 Å². The molecule has 1 aromatic carbocycles. The molecule has 1 amide bonds. The summed E-state index contributed by atoms with van der Waals surface area (Å²) in [6.07, 6.45) is 3.62. The minimum absolute atomic E-state index is 0.0357. The smallest absolute Gasteiger partial charge is 0.303 e. The van der Waals surface area contributed by atoms with Crippen LogP contribution in [0.5, 0.6) is 11.5 Å². The summed E-state index contributed by atoms with van der Waals surface area (Å²) in [5.74, 6) is 0.343. The number of nitrogens with zero attached hydrogens (tertiary/aromatic N) is 1. The Balaban J connectivity index is 1.56. The lowest BCUT2D eigenvalue weighted by molar-refractivity contribution is -0.233. The van der Waals surface area contributed by atoms with Crippen LogP contribution in [-0.4, -0.2) is 43.8 Å². The minimum atomic E-state index is -0.985. The number of phenols is 1. The molecule has 1 aromatic rings. The summed E-state index contributed by atoms with van der Waals surface area (Å²) in [5.41, 5.74) is 1.73. The number of aromatic hydroxyl groups is 1. The van der Waals surface area contributed by atoms with Gasteiger partial charge in [0.15, 0.2) is 0 Å². The number of phenolic OH excluding ortho intramolecular Hbond substituents is 1. The minimum Gasteiger partial charge on any atom is -0.508 e. The summed E-state index contributed by atoms with van der Waals surface area (Å²) >= 11 is 0. The Bertz CT molecular complexity index is 1050. The van der Waals surface area contributed by atoms with Gasteiger partial charge in [-0.25, -0.2) is 0 Å². The van der Waals surface area contributed by atoms with Gasteiger partial charge in [-0.1, -0.05) is 27.7 Å². The van der Waals surface area contributed by atoms with Crippen molar-refractivity contribution in [3.05, 3.63) is 22.8 Å². The molecule has 2 aliphatic carbocycles. The van der Waals surface area contributed by atoms with E-state index < -0.39 is 11.6 Å². The van der Waals surface area contributed by atoms with Crippen LogP contribution in [0.15, 0.2) is 6.07 Å². The zero-order chi connectivity index (χ0) is 24.6. The fourth-order valence-corrected chi connectivity index (χ4v) is 7.68. The van der Waals surface area contributed by atoms with Crippen LogP contribution in [0.1, 0.15) is 82.9 Å². The van der Waals surface area contributed by atoms with Crippen molar-refractivity contribution in [2.24, 2.45) is 22.7 Å². The maximum Gasteiger partial charge on any atom is 0.303 e. The lowest BCUT2D eigenvalue weighted by Crippen LogP contribution is -2.70. The normalized spacial score (nSPS) is 35.4. The number of carboxylic acid groups (broad SMARTS) is 1. The Morgan fingerprint density at radius 3 is 2.56 bits per heavy atom. The molecule has 5 atom stereocenters. The number of hydrogen-bond donors (Lipinski definition) is 3. The van der Waals surface area contributed by atoms with Gasteiger partial charge in [0, 0.05) is 42.0 Å². The third kappa shape index (κ3) is 3.11. The molecule has 7 heteroatoms. The average molecular weight is 472 g/mol. The van der Waals surface area contributed by atoms with E-state index in [1.54, 1.807) is 11.0 Å². The molecule has 186 valence electrons. The molecule has 2 saturated carbocycles. The SMILES string of the molecule is C[C@H]1CC[C@H]2C(C)(C)[C@@H](O)CC[C@]23Oc2c(c(O)cc4c2CN(C(=O)CCC(=O)O)C4)C[C@]13C. The van der Waals surface area contributed by atoms with Crippen molar-refractivity contribution in [2.75, 3.05) is 0 Å². The number of aliphatic hydroxyl groups is 1. The van der Waals surface area contributed by atoms with Crippen molar-refractivity contribution in [3.63, 3.8) is 0 Å². The lowest BCUT2D eigenvalue weighted by Gasteiger charge is -2.67. The summed E-state index contributed by atoms with van der Waals surface area (Å²) in [7, 11) is 0. The third-order valence-corrected chi connectivity index (χ3v) is 10.1. The maximum atomic E-state index is 12.7. The second kappa shape index (κ2) is 7.61. The van der Waals surface area contributed by atoms with E-state index in [1.165, 1.54) is 0 Å². The number of amides is 1. The van der Waals surface area contributed by atoms with E-state index in [0.717, 1.165) is 36.0 Å². The molecule has 7 nitrogen and oxygen atoms in total. The molecule has 0 aromatic heterocycles. The molecule has 2 aliphatic heterocycles. The molecular weight excluding hydrogens is 434 g/mol. The lowest BCUT2D eigenvalue weighted by atomic mass is 9.43. The van der Waals surface area contributed by atoms with Gasteiger partial charge < -0.3 is 25.0 Å².